The summed E-state index contributed by atoms with van der Waals surface area (Å²) in [5.74, 6) is -0.169. The molecular weight excluding hydrogens is 293 g/mol. The van der Waals surface area contributed by atoms with Gasteiger partial charge in [0.1, 0.15) is 5.82 Å². The van der Waals surface area contributed by atoms with Crippen molar-refractivity contribution in [1.82, 2.24) is 9.80 Å². The number of likely N-dealkylation sites (N-methyl/N-ethyl adjacent to an activating group) is 1. The molecule has 1 fully saturated rings. The zero-order valence-electron chi connectivity index (χ0n) is 12.3. The minimum atomic E-state index is -0.257. The summed E-state index contributed by atoms with van der Waals surface area (Å²) >= 11 is 0. The highest BCUT2D eigenvalue weighted by Crippen LogP contribution is 2.09. The molecule has 4 nitrogen and oxygen atoms in total. The second kappa shape index (κ2) is 8.32. The van der Waals surface area contributed by atoms with Gasteiger partial charge in [-0.2, -0.15) is 0 Å². The van der Waals surface area contributed by atoms with Crippen LogP contribution < -0.4 is 5.73 Å². The number of hydrogen-bond acceptors (Lipinski definition) is 3. The molecule has 1 saturated heterocycles. The molecule has 0 bridgehead atoms. The summed E-state index contributed by atoms with van der Waals surface area (Å²) in [5.41, 5.74) is 6.78. The highest BCUT2D eigenvalue weighted by atomic mass is 35.5. The molecule has 1 heterocycles. The van der Waals surface area contributed by atoms with Crippen molar-refractivity contribution in [3.05, 3.63) is 35.6 Å². The molecule has 0 saturated carbocycles. The van der Waals surface area contributed by atoms with Crippen LogP contribution in [0, 0.1) is 5.82 Å². The van der Waals surface area contributed by atoms with Crippen LogP contribution in [0.2, 0.25) is 0 Å². The summed E-state index contributed by atoms with van der Waals surface area (Å²) in [5, 5.41) is 0. The van der Waals surface area contributed by atoms with E-state index in [4.69, 9.17) is 5.73 Å². The molecule has 0 atom stereocenters. The molecule has 0 aromatic heterocycles. The SMILES string of the molecule is CN(Cc1ccc(F)cc1)C(=O)CN1CCC(N)CC1.Cl. The van der Waals surface area contributed by atoms with Crippen LogP contribution in [0.4, 0.5) is 4.39 Å². The lowest BCUT2D eigenvalue weighted by atomic mass is 10.1. The van der Waals surface area contributed by atoms with Crippen molar-refractivity contribution >= 4 is 18.3 Å². The molecule has 1 aromatic carbocycles. The van der Waals surface area contributed by atoms with Gasteiger partial charge in [-0.05, 0) is 30.5 Å². The van der Waals surface area contributed by atoms with Gasteiger partial charge in [-0.15, -0.1) is 12.4 Å². The molecule has 21 heavy (non-hydrogen) atoms. The normalized spacial score (nSPS) is 16.3. The number of rotatable bonds is 4. The van der Waals surface area contributed by atoms with Gasteiger partial charge in [-0.1, -0.05) is 12.1 Å². The van der Waals surface area contributed by atoms with E-state index in [1.165, 1.54) is 12.1 Å². The first-order chi connectivity index (χ1) is 9.54. The van der Waals surface area contributed by atoms with E-state index in [2.05, 4.69) is 4.90 Å². The van der Waals surface area contributed by atoms with Crippen LogP contribution in [0.1, 0.15) is 18.4 Å². The van der Waals surface area contributed by atoms with E-state index in [1.807, 2.05) is 0 Å². The number of nitrogens with two attached hydrogens (primary N) is 1. The average Bonchev–Trinajstić information content (AvgIpc) is 2.44. The summed E-state index contributed by atoms with van der Waals surface area (Å²) in [7, 11) is 1.78. The fourth-order valence-corrected chi connectivity index (χ4v) is 2.37. The van der Waals surface area contributed by atoms with Gasteiger partial charge in [-0.3, -0.25) is 9.69 Å². The van der Waals surface area contributed by atoms with Crippen molar-refractivity contribution in [1.29, 1.82) is 0 Å². The minimum absolute atomic E-state index is 0. The van der Waals surface area contributed by atoms with E-state index in [0.717, 1.165) is 31.5 Å². The lowest BCUT2D eigenvalue weighted by molar-refractivity contribution is -0.131. The van der Waals surface area contributed by atoms with Crippen LogP contribution in [0.5, 0.6) is 0 Å². The Morgan fingerprint density at radius 3 is 2.48 bits per heavy atom. The molecule has 118 valence electrons. The van der Waals surface area contributed by atoms with Crippen LogP contribution in [-0.2, 0) is 11.3 Å². The number of carbonyl (C=O) groups is 1. The van der Waals surface area contributed by atoms with Crippen molar-refractivity contribution in [2.45, 2.75) is 25.4 Å². The standard InChI is InChI=1S/C15H22FN3O.ClH/c1-18(10-12-2-4-13(16)5-3-12)15(20)11-19-8-6-14(17)7-9-19;/h2-5,14H,6-11,17H2,1H3;1H. The van der Waals surface area contributed by atoms with Crippen LogP contribution in [0.15, 0.2) is 24.3 Å². The van der Waals surface area contributed by atoms with Crippen LogP contribution in [0.3, 0.4) is 0 Å². The molecule has 6 heteroatoms. The Morgan fingerprint density at radius 1 is 1.33 bits per heavy atom. The third-order valence-corrected chi connectivity index (χ3v) is 3.75. The maximum Gasteiger partial charge on any atom is 0.236 e. The molecule has 1 aliphatic rings. The molecular formula is C15H23ClFN3O. The van der Waals surface area contributed by atoms with Gasteiger partial charge in [0.2, 0.25) is 5.91 Å². The predicted octanol–water partition coefficient (Wildman–Crippen LogP) is 1.63. The highest BCUT2D eigenvalue weighted by molar-refractivity contribution is 5.85. The van der Waals surface area contributed by atoms with Gasteiger partial charge in [0, 0.05) is 32.7 Å². The number of piperidine rings is 1. The van der Waals surface area contributed by atoms with Gasteiger partial charge >= 0.3 is 0 Å². The molecule has 1 aliphatic heterocycles. The van der Waals surface area contributed by atoms with E-state index >= 15 is 0 Å². The fourth-order valence-electron chi connectivity index (χ4n) is 2.37. The second-order valence-corrected chi connectivity index (χ2v) is 5.49. The number of halogens is 2. The van der Waals surface area contributed by atoms with Crippen molar-refractivity contribution in [2.24, 2.45) is 5.73 Å². The van der Waals surface area contributed by atoms with E-state index in [1.54, 1.807) is 24.1 Å². The monoisotopic (exact) mass is 315 g/mol. The van der Waals surface area contributed by atoms with E-state index < -0.39 is 0 Å². The molecule has 2 rings (SSSR count). The van der Waals surface area contributed by atoms with Crippen molar-refractivity contribution < 1.29 is 9.18 Å². The molecule has 0 aliphatic carbocycles. The molecule has 2 N–H and O–H groups in total. The van der Waals surface area contributed by atoms with Gasteiger partial charge in [0.05, 0.1) is 6.54 Å². The largest absolute Gasteiger partial charge is 0.340 e. The number of amides is 1. The van der Waals surface area contributed by atoms with Crippen molar-refractivity contribution in [3.63, 3.8) is 0 Å². The fraction of sp³-hybridized carbons (Fsp3) is 0.533. The van der Waals surface area contributed by atoms with E-state index in [0.29, 0.717) is 13.1 Å². The lowest BCUT2D eigenvalue weighted by Crippen LogP contribution is -2.44. The first-order valence-electron chi connectivity index (χ1n) is 7.01. The Bertz CT molecular complexity index is 447. The van der Waals surface area contributed by atoms with Crippen molar-refractivity contribution in [3.8, 4) is 0 Å². The van der Waals surface area contributed by atoms with E-state index in [-0.39, 0.29) is 30.2 Å². The smallest absolute Gasteiger partial charge is 0.236 e. The molecule has 1 aromatic rings. The summed E-state index contributed by atoms with van der Waals surface area (Å²) in [6.45, 7) is 2.71. The summed E-state index contributed by atoms with van der Waals surface area (Å²) in [6, 6.07) is 6.52. The Balaban J connectivity index is 0.00000220. The van der Waals surface area contributed by atoms with Crippen molar-refractivity contribution in [2.75, 3.05) is 26.7 Å². The topological polar surface area (TPSA) is 49.6 Å². The number of carbonyl (C=O) groups excluding carboxylic acids is 1. The van der Waals surface area contributed by atoms with Gasteiger partial charge in [0.25, 0.3) is 0 Å². The summed E-state index contributed by atoms with van der Waals surface area (Å²) in [4.78, 5) is 16.0. The Labute approximate surface area is 131 Å². The lowest BCUT2D eigenvalue weighted by Gasteiger charge is -2.30. The number of nitrogens with zero attached hydrogens (tertiary/aromatic N) is 2. The Hall–Kier alpha value is -1.17. The average molecular weight is 316 g/mol. The first-order valence-corrected chi connectivity index (χ1v) is 7.01. The first kappa shape index (κ1) is 17.9. The zero-order chi connectivity index (χ0) is 14.5. The van der Waals surface area contributed by atoms with Gasteiger partial charge < -0.3 is 10.6 Å². The second-order valence-electron chi connectivity index (χ2n) is 5.49. The summed E-state index contributed by atoms with van der Waals surface area (Å²) < 4.78 is 12.8. The van der Waals surface area contributed by atoms with Crippen LogP contribution in [-0.4, -0.2) is 48.4 Å². The van der Waals surface area contributed by atoms with E-state index in [9.17, 15) is 9.18 Å². The summed E-state index contributed by atoms with van der Waals surface area (Å²) in [6.07, 6.45) is 1.91. The minimum Gasteiger partial charge on any atom is -0.340 e. The van der Waals surface area contributed by atoms with Crippen LogP contribution >= 0.6 is 12.4 Å². The third-order valence-electron chi connectivity index (χ3n) is 3.75. The number of hydrogen-bond donors (Lipinski definition) is 1. The number of benzene rings is 1. The third kappa shape index (κ3) is 5.61. The molecule has 0 radical (unpaired) electrons. The van der Waals surface area contributed by atoms with Gasteiger partial charge in [0.15, 0.2) is 0 Å². The highest BCUT2D eigenvalue weighted by Gasteiger charge is 2.19. The zero-order valence-corrected chi connectivity index (χ0v) is 13.1. The predicted molar refractivity (Wildman–Crippen MR) is 83.8 cm³/mol. The number of likely N-dealkylation sites (tertiary alicyclic amines) is 1. The van der Waals surface area contributed by atoms with Crippen LogP contribution in [0.25, 0.3) is 0 Å². The molecule has 0 unspecified atom stereocenters. The van der Waals surface area contributed by atoms with Gasteiger partial charge in [-0.25, -0.2) is 4.39 Å². The quantitative estimate of drug-likeness (QED) is 0.919. The molecule has 1 amide bonds. The Morgan fingerprint density at radius 2 is 1.90 bits per heavy atom. The maximum atomic E-state index is 12.8. The molecule has 0 spiro atoms. The maximum absolute atomic E-state index is 12.8. The Kier molecular flexibility index (Phi) is 7.08.